The normalized spacial score (nSPS) is 17.2. The highest BCUT2D eigenvalue weighted by Crippen LogP contribution is 2.18. The molecular formula is C18H28N2O3. The largest absolute Gasteiger partial charge is 0.491 e. The number of hydrogen-bond donors (Lipinski definition) is 2. The van der Waals surface area contributed by atoms with Gasteiger partial charge >= 0.3 is 0 Å². The predicted octanol–water partition coefficient (Wildman–Crippen LogP) is 3.09. The lowest BCUT2D eigenvalue weighted by Crippen LogP contribution is -2.16. The number of carbonyl (C=O) groups excluding carboxylic acids is 1. The lowest BCUT2D eigenvalue weighted by Gasteiger charge is -2.12. The van der Waals surface area contributed by atoms with E-state index in [4.69, 9.17) is 15.2 Å². The van der Waals surface area contributed by atoms with Crippen molar-refractivity contribution in [2.45, 2.75) is 51.0 Å². The Labute approximate surface area is 138 Å². The van der Waals surface area contributed by atoms with Crippen molar-refractivity contribution in [1.82, 2.24) is 0 Å². The zero-order valence-corrected chi connectivity index (χ0v) is 13.8. The van der Waals surface area contributed by atoms with Gasteiger partial charge in [-0.3, -0.25) is 4.79 Å². The summed E-state index contributed by atoms with van der Waals surface area (Å²) in [6, 6.07) is 7.51. The van der Waals surface area contributed by atoms with E-state index < -0.39 is 0 Å². The quantitative estimate of drug-likeness (QED) is 0.650. The lowest BCUT2D eigenvalue weighted by molar-refractivity contribution is -0.116. The Hall–Kier alpha value is -1.59. The number of unbranched alkanes of at least 4 members (excludes halogenated alkanes) is 3. The monoisotopic (exact) mass is 320 g/mol. The zero-order valence-electron chi connectivity index (χ0n) is 13.8. The van der Waals surface area contributed by atoms with Crippen LogP contribution in [-0.4, -0.2) is 31.8 Å². The van der Waals surface area contributed by atoms with Gasteiger partial charge in [-0.1, -0.05) is 12.8 Å². The van der Waals surface area contributed by atoms with Crippen LogP contribution in [0, 0.1) is 0 Å². The maximum atomic E-state index is 11.8. The number of amides is 1. The minimum atomic E-state index is 0.0609. The molecule has 0 aromatic heterocycles. The molecule has 1 aliphatic rings. The Morgan fingerprint density at radius 2 is 2.00 bits per heavy atom. The van der Waals surface area contributed by atoms with Crippen LogP contribution in [0.2, 0.25) is 0 Å². The van der Waals surface area contributed by atoms with Crippen molar-refractivity contribution in [2.75, 3.05) is 25.1 Å². The summed E-state index contributed by atoms with van der Waals surface area (Å²) >= 11 is 0. The van der Waals surface area contributed by atoms with Gasteiger partial charge < -0.3 is 20.5 Å². The number of rotatable bonds is 10. The second-order valence-electron chi connectivity index (χ2n) is 5.97. The van der Waals surface area contributed by atoms with E-state index in [9.17, 15) is 4.79 Å². The summed E-state index contributed by atoms with van der Waals surface area (Å²) in [6.45, 7) is 2.16. The first kappa shape index (κ1) is 17.8. The van der Waals surface area contributed by atoms with Crippen molar-refractivity contribution < 1.29 is 14.3 Å². The van der Waals surface area contributed by atoms with E-state index in [1.54, 1.807) is 0 Å². The standard InChI is InChI=1S/C18H28N2O3/c19-12-4-2-1-3-7-18(21)20-15-8-10-16(11-9-15)23-14-17-6-5-13-22-17/h8-11,17H,1-7,12-14,19H2,(H,20,21). The summed E-state index contributed by atoms with van der Waals surface area (Å²) < 4.78 is 11.2. The number of hydrogen-bond acceptors (Lipinski definition) is 4. The smallest absolute Gasteiger partial charge is 0.224 e. The van der Waals surface area contributed by atoms with Crippen LogP contribution in [0.1, 0.15) is 44.9 Å². The van der Waals surface area contributed by atoms with Crippen LogP contribution >= 0.6 is 0 Å². The van der Waals surface area contributed by atoms with Crippen LogP contribution in [-0.2, 0) is 9.53 Å². The Balaban J connectivity index is 1.64. The summed E-state index contributed by atoms with van der Waals surface area (Å²) in [6.07, 6.45) is 7.06. The topological polar surface area (TPSA) is 73.6 Å². The molecule has 2 rings (SSSR count). The van der Waals surface area contributed by atoms with Crippen LogP contribution in [0.15, 0.2) is 24.3 Å². The maximum Gasteiger partial charge on any atom is 0.224 e. The van der Waals surface area contributed by atoms with Crippen LogP contribution < -0.4 is 15.8 Å². The van der Waals surface area contributed by atoms with Crippen LogP contribution in [0.25, 0.3) is 0 Å². The first-order valence-corrected chi connectivity index (χ1v) is 8.62. The van der Waals surface area contributed by atoms with E-state index in [2.05, 4.69) is 5.32 Å². The van der Waals surface area contributed by atoms with Gasteiger partial charge in [-0.05, 0) is 56.5 Å². The number of nitrogens with two attached hydrogens (primary N) is 1. The molecule has 1 aliphatic heterocycles. The molecule has 1 fully saturated rings. The first-order valence-electron chi connectivity index (χ1n) is 8.62. The minimum absolute atomic E-state index is 0.0609. The molecule has 0 bridgehead atoms. The van der Waals surface area contributed by atoms with Gasteiger partial charge in [0.05, 0.1) is 6.10 Å². The fourth-order valence-corrected chi connectivity index (χ4v) is 2.61. The molecule has 128 valence electrons. The fourth-order valence-electron chi connectivity index (χ4n) is 2.61. The van der Waals surface area contributed by atoms with Gasteiger partial charge in [-0.15, -0.1) is 0 Å². The van der Waals surface area contributed by atoms with Gasteiger partial charge in [-0.2, -0.15) is 0 Å². The molecule has 0 radical (unpaired) electrons. The van der Waals surface area contributed by atoms with Crippen molar-refractivity contribution >= 4 is 11.6 Å². The number of nitrogens with one attached hydrogen (secondary N) is 1. The van der Waals surface area contributed by atoms with E-state index in [0.717, 1.165) is 63.1 Å². The predicted molar refractivity (Wildman–Crippen MR) is 91.7 cm³/mol. The number of carbonyl (C=O) groups is 1. The lowest BCUT2D eigenvalue weighted by atomic mass is 10.1. The Morgan fingerprint density at radius 1 is 1.22 bits per heavy atom. The zero-order chi connectivity index (χ0) is 16.3. The summed E-state index contributed by atoms with van der Waals surface area (Å²) in [7, 11) is 0. The molecule has 23 heavy (non-hydrogen) atoms. The Kier molecular flexibility index (Phi) is 7.90. The van der Waals surface area contributed by atoms with Gasteiger partial charge in [0.2, 0.25) is 5.91 Å². The molecule has 1 saturated heterocycles. The second-order valence-corrected chi connectivity index (χ2v) is 5.97. The molecule has 1 aromatic rings. The molecule has 0 aliphatic carbocycles. The average molecular weight is 320 g/mol. The molecule has 5 nitrogen and oxygen atoms in total. The second kappa shape index (κ2) is 10.2. The van der Waals surface area contributed by atoms with Crippen molar-refractivity contribution in [1.29, 1.82) is 0 Å². The van der Waals surface area contributed by atoms with Crippen molar-refractivity contribution in [2.24, 2.45) is 5.73 Å². The van der Waals surface area contributed by atoms with Crippen molar-refractivity contribution in [3.05, 3.63) is 24.3 Å². The molecule has 3 N–H and O–H groups in total. The average Bonchev–Trinajstić information content (AvgIpc) is 3.07. The highest BCUT2D eigenvalue weighted by molar-refractivity contribution is 5.90. The summed E-state index contributed by atoms with van der Waals surface area (Å²) in [5.41, 5.74) is 6.25. The van der Waals surface area contributed by atoms with Gasteiger partial charge in [0.1, 0.15) is 12.4 Å². The molecule has 0 spiro atoms. The van der Waals surface area contributed by atoms with Gasteiger partial charge in [0.25, 0.3) is 0 Å². The molecular weight excluding hydrogens is 292 g/mol. The molecule has 1 atom stereocenters. The summed E-state index contributed by atoms with van der Waals surface area (Å²) in [5, 5.41) is 2.91. The van der Waals surface area contributed by atoms with Crippen molar-refractivity contribution in [3.63, 3.8) is 0 Å². The van der Waals surface area contributed by atoms with E-state index in [-0.39, 0.29) is 12.0 Å². The van der Waals surface area contributed by atoms with E-state index in [1.165, 1.54) is 0 Å². The molecule has 5 heteroatoms. The molecule has 1 aromatic carbocycles. The molecule has 1 heterocycles. The summed E-state index contributed by atoms with van der Waals surface area (Å²) in [5.74, 6) is 0.867. The number of ether oxygens (including phenoxy) is 2. The van der Waals surface area contributed by atoms with Crippen molar-refractivity contribution in [3.8, 4) is 5.75 Å². The van der Waals surface area contributed by atoms with Crippen LogP contribution in [0.4, 0.5) is 5.69 Å². The summed E-state index contributed by atoms with van der Waals surface area (Å²) in [4.78, 5) is 11.8. The highest BCUT2D eigenvalue weighted by atomic mass is 16.5. The number of benzene rings is 1. The van der Waals surface area contributed by atoms with Crippen LogP contribution in [0.3, 0.4) is 0 Å². The molecule has 1 amide bonds. The Bertz CT molecular complexity index is 456. The third kappa shape index (κ3) is 7.01. The van der Waals surface area contributed by atoms with Crippen LogP contribution in [0.5, 0.6) is 5.75 Å². The SMILES string of the molecule is NCCCCCCC(=O)Nc1ccc(OCC2CCCO2)cc1. The number of anilines is 1. The molecule has 1 unspecified atom stereocenters. The van der Waals surface area contributed by atoms with Gasteiger partial charge in [-0.25, -0.2) is 0 Å². The van der Waals surface area contributed by atoms with Gasteiger partial charge in [0, 0.05) is 18.7 Å². The highest BCUT2D eigenvalue weighted by Gasteiger charge is 2.15. The minimum Gasteiger partial charge on any atom is -0.491 e. The third-order valence-corrected chi connectivity index (χ3v) is 3.96. The third-order valence-electron chi connectivity index (χ3n) is 3.96. The molecule has 0 saturated carbocycles. The van der Waals surface area contributed by atoms with Gasteiger partial charge in [0.15, 0.2) is 0 Å². The fraction of sp³-hybridized carbons (Fsp3) is 0.611. The van der Waals surface area contributed by atoms with E-state index >= 15 is 0 Å². The van der Waals surface area contributed by atoms with E-state index in [1.807, 2.05) is 24.3 Å². The Morgan fingerprint density at radius 3 is 2.70 bits per heavy atom. The van der Waals surface area contributed by atoms with E-state index in [0.29, 0.717) is 13.0 Å². The maximum absolute atomic E-state index is 11.8. The first-order chi connectivity index (χ1) is 11.3.